The predicted octanol–water partition coefficient (Wildman–Crippen LogP) is 5.43. The minimum absolute atomic E-state index is 0.0419. The fourth-order valence-electron chi connectivity index (χ4n) is 6.67. The van der Waals surface area contributed by atoms with Gasteiger partial charge in [-0.1, -0.05) is 42.5 Å². The largest absolute Gasteiger partial charge is 0.508 e. The van der Waals surface area contributed by atoms with E-state index in [2.05, 4.69) is 0 Å². The van der Waals surface area contributed by atoms with Crippen molar-refractivity contribution in [1.82, 2.24) is 0 Å². The number of rotatable bonds is 6. The summed E-state index contributed by atoms with van der Waals surface area (Å²) in [5.41, 5.74) is 1.30. The highest BCUT2D eigenvalue weighted by atomic mass is 32.2. The SMILES string of the molecule is Oc1cc(O)c2c(c1)O[C@H](c1ccc(O)c(O)c1)[C@H](O)[C@H]2c1c(O)cc(O)c2c1O[C@H](c1ccc(O)c(O)c1)[C@@H](O)C2SCc1ccccc1. The molecule has 0 aromatic heterocycles. The van der Waals surface area contributed by atoms with Crippen LogP contribution >= 0.6 is 11.8 Å². The van der Waals surface area contributed by atoms with E-state index in [1.54, 1.807) is 0 Å². The van der Waals surface area contributed by atoms with Crippen LogP contribution in [0.1, 0.15) is 56.8 Å². The lowest BCUT2D eigenvalue weighted by molar-refractivity contribution is 0.000589. The Labute approximate surface area is 288 Å². The van der Waals surface area contributed by atoms with Gasteiger partial charge in [0.1, 0.15) is 46.7 Å². The highest BCUT2D eigenvalue weighted by molar-refractivity contribution is 7.98. The minimum atomic E-state index is -1.64. The van der Waals surface area contributed by atoms with Crippen LogP contribution in [0.15, 0.2) is 84.9 Å². The van der Waals surface area contributed by atoms with Crippen LogP contribution in [-0.4, -0.2) is 63.3 Å². The van der Waals surface area contributed by atoms with E-state index in [0.29, 0.717) is 5.75 Å². The van der Waals surface area contributed by atoms with E-state index in [9.17, 15) is 51.1 Å². The number of thioether (sulfide) groups is 1. The third-order valence-corrected chi connectivity index (χ3v) is 10.4. The molecular formula is C37H32O12S. The van der Waals surface area contributed by atoms with Crippen LogP contribution in [-0.2, 0) is 5.75 Å². The predicted molar refractivity (Wildman–Crippen MR) is 180 cm³/mol. The summed E-state index contributed by atoms with van der Waals surface area (Å²) < 4.78 is 12.5. The molecule has 5 aromatic rings. The van der Waals surface area contributed by atoms with Gasteiger partial charge in [-0.05, 0) is 41.0 Å². The first kappa shape index (κ1) is 32.9. The number of hydrogen-bond acceptors (Lipinski definition) is 13. The zero-order valence-corrected chi connectivity index (χ0v) is 26.8. The van der Waals surface area contributed by atoms with Crippen LogP contribution in [0.2, 0.25) is 0 Å². The molecule has 12 nitrogen and oxygen atoms in total. The van der Waals surface area contributed by atoms with Crippen molar-refractivity contribution in [3.8, 4) is 57.5 Å². The fourth-order valence-corrected chi connectivity index (χ4v) is 7.97. The van der Waals surface area contributed by atoms with Crippen molar-refractivity contribution in [2.24, 2.45) is 0 Å². The van der Waals surface area contributed by atoms with Crippen LogP contribution < -0.4 is 9.47 Å². The van der Waals surface area contributed by atoms with Crippen LogP contribution in [0.25, 0.3) is 0 Å². The zero-order valence-electron chi connectivity index (χ0n) is 26.0. The van der Waals surface area contributed by atoms with E-state index in [4.69, 9.17) is 9.47 Å². The fraction of sp³-hybridized carbons (Fsp3) is 0.189. The van der Waals surface area contributed by atoms with Crippen molar-refractivity contribution in [1.29, 1.82) is 0 Å². The molecular weight excluding hydrogens is 668 g/mol. The van der Waals surface area contributed by atoms with Crippen molar-refractivity contribution in [2.45, 2.75) is 41.3 Å². The van der Waals surface area contributed by atoms with E-state index in [1.807, 2.05) is 30.3 Å². The average Bonchev–Trinajstić information content (AvgIpc) is 3.08. The van der Waals surface area contributed by atoms with Crippen molar-refractivity contribution >= 4 is 11.8 Å². The standard InChI is InChI=1S/C37H32O12S/c38-19-12-24(43)28-27(13-19)48-34(17-6-8-20(39)22(41)10-17)32(46)31(28)29-25(44)14-26(45)30-36(29)49-35(18-7-9-21(40)23(42)11-18)33(47)37(30)50-15-16-4-2-1-3-5-16/h1-14,31-35,37-47H,15H2/t31-,32-,33-,34-,35-,37?/m1/s1. The van der Waals surface area contributed by atoms with E-state index in [-0.39, 0.29) is 45.1 Å². The molecule has 50 heavy (non-hydrogen) atoms. The first-order valence-corrected chi connectivity index (χ1v) is 16.5. The molecule has 5 aromatic carbocycles. The number of fused-ring (bicyclic) bond motifs is 2. The lowest BCUT2D eigenvalue weighted by atomic mass is 9.77. The molecule has 2 aliphatic rings. The smallest absolute Gasteiger partial charge is 0.157 e. The molecule has 0 saturated heterocycles. The Balaban J connectivity index is 1.44. The Morgan fingerprint density at radius 3 is 1.72 bits per heavy atom. The summed E-state index contributed by atoms with van der Waals surface area (Å²) in [5.74, 6) is -4.86. The molecule has 6 atom stereocenters. The molecule has 0 aliphatic carbocycles. The summed E-state index contributed by atoms with van der Waals surface area (Å²) in [4.78, 5) is 0. The normalized spacial score (nSPS) is 22.5. The maximum absolute atomic E-state index is 12.1. The monoisotopic (exact) mass is 700 g/mol. The van der Waals surface area contributed by atoms with Crippen molar-refractivity contribution in [3.05, 3.63) is 118 Å². The van der Waals surface area contributed by atoms with Gasteiger partial charge in [0.25, 0.3) is 0 Å². The number of phenols is 8. The highest BCUT2D eigenvalue weighted by Crippen LogP contribution is 2.60. The average molecular weight is 701 g/mol. The van der Waals surface area contributed by atoms with Gasteiger partial charge in [-0.15, -0.1) is 11.8 Å². The first-order chi connectivity index (χ1) is 23.9. The van der Waals surface area contributed by atoms with Crippen LogP contribution in [0.4, 0.5) is 0 Å². The molecule has 0 bridgehead atoms. The van der Waals surface area contributed by atoms with Gasteiger partial charge in [0.15, 0.2) is 35.2 Å². The maximum Gasteiger partial charge on any atom is 0.157 e. The van der Waals surface area contributed by atoms with Crippen molar-refractivity contribution in [3.63, 3.8) is 0 Å². The highest BCUT2D eigenvalue weighted by Gasteiger charge is 2.48. The Morgan fingerprint density at radius 2 is 1.10 bits per heavy atom. The van der Waals surface area contributed by atoms with Gasteiger partial charge in [0, 0.05) is 35.1 Å². The summed E-state index contributed by atoms with van der Waals surface area (Å²) in [5, 5.41) is 108. The molecule has 0 radical (unpaired) electrons. The lowest BCUT2D eigenvalue weighted by Crippen LogP contribution is -2.37. The second kappa shape index (κ2) is 12.7. The second-order valence-electron chi connectivity index (χ2n) is 12.2. The van der Waals surface area contributed by atoms with Gasteiger partial charge in [-0.2, -0.15) is 0 Å². The van der Waals surface area contributed by atoms with Gasteiger partial charge in [0.05, 0.1) is 16.7 Å². The Bertz CT molecular complexity index is 2090. The summed E-state index contributed by atoms with van der Waals surface area (Å²) in [6.45, 7) is 0. The van der Waals surface area contributed by atoms with Gasteiger partial charge in [0.2, 0.25) is 0 Å². The third kappa shape index (κ3) is 5.64. The molecule has 0 amide bonds. The van der Waals surface area contributed by atoms with Crippen molar-refractivity contribution < 1.29 is 60.5 Å². The molecule has 10 N–H and O–H groups in total. The zero-order chi connectivity index (χ0) is 35.4. The summed E-state index contributed by atoms with van der Waals surface area (Å²) in [6.07, 6.45) is -5.53. The lowest BCUT2D eigenvalue weighted by Gasteiger charge is -2.42. The Morgan fingerprint density at radius 1 is 0.520 bits per heavy atom. The topological polar surface area (TPSA) is 221 Å². The van der Waals surface area contributed by atoms with Crippen LogP contribution in [0.3, 0.4) is 0 Å². The Kier molecular flexibility index (Phi) is 8.34. The number of aromatic hydroxyl groups is 8. The molecule has 0 fully saturated rings. The number of phenolic OH excluding ortho intramolecular Hbond substituents is 8. The molecule has 0 saturated carbocycles. The number of aliphatic hydroxyl groups excluding tert-OH is 2. The quantitative estimate of drug-likeness (QED) is 0.100. The number of aliphatic hydroxyl groups is 2. The number of hydrogen-bond donors (Lipinski definition) is 10. The van der Waals surface area contributed by atoms with Gasteiger partial charge < -0.3 is 60.5 Å². The first-order valence-electron chi connectivity index (χ1n) is 15.5. The number of ether oxygens (including phenoxy) is 2. The summed E-state index contributed by atoms with van der Waals surface area (Å²) in [6, 6.07) is 20.3. The summed E-state index contributed by atoms with van der Waals surface area (Å²) >= 11 is 1.27. The van der Waals surface area contributed by atoms with E-state index < -0.39 is 75.8 Å². The molecule has 2 aliphatic heterocycles. The molecule has 7 rings (SSSR count). The summed E-state index contributed by atoms with van der Waals surface area (Å²) in [7, 11) is 0. The van der Waals surface area contributed by atoms with Crippen LogP contribution in [0, 0.1) is 0 Å². The number of benzene rings is 5. The molecule has 258 valence electrons. The maximum atomic E-state index is 12.1. The van der Waals surface area contributed by atoms with Gasteiger partial charge in [-0.3, -0.25) is 0 Å². The Hall–Kier alpha value is -5.63. The molecule has 2 heterocycles. The third-order valence-electron chi connectivity index (χ3n) is 9.03. The van der Waals surface area contributed by atoms with E-state index in [0.717, 1.165) is 17.7 Å². The van der Waals surface area contributed by atoms with Crippen molar-refractivity contribution in [2.75, 3.05) is 0 Å². The van der Waals surface area contributed by atoms with Crippen LogP contribution in [0.5, 0.6) is 57.5 Å². The molecule has 0 spiro atoms. The molecule has 13 heteroatoms. The van der Waals surface area contributed by atoms with Gasteiger partial charge in [-0.25, -0.2) is 0 Å². The minimum Gasteiger partial charge on any atom is -0.508 e. The van der Waals surface area contributed by atoms with E-state index in [1.165, 1.54) is 54.2 Å². The van der Waals surface area contributed by atoms with Gasteiger partial charge >= 0.3 is 0 Å². The van der Waals surface area contributed by atoms with E-state index >= 15 is 0 Å². The second-order valence-corrected chi connectivity index (χ2v) is 13.3. The molecule has 1 unspecified atom stereocenters.